The molecule has 6 nitrogen and oxygen atoms in total. The first-order valence-electron chi connectivity index (χ1n) is 11.1. The number of hydrogen-bond acceptors (Lipinski definition) is 5. The highest BCUT2D eigenvalue weighted by Crippen LogP contribution is 2.33. The van der Waals surface area contributed by atoms with E-state index >= 15 is 0 Å². The largest absolute Gasteiger partial charge is 0.491 e. The summed E-state index contributed by atoms with van der Waals surface area (Å²) in [6.07, 6.45) is 1.89. The van der Waals surface area contributed by atoms with Gasteiger partial charge in [-0.05, 0) is 47.5 Å². The van der Waals surface area contributed by atoms with E-state index in [2.05, 4.69) is 80.5 Å². The summed E-state index contributed by atoms with van der Waals surface area (Å²) < 4.78 is 11.3. The van der Waals surface area contributed by atoms with Gasteiger partial charge in [0.25, 0.3) is 0 Å². The van der Waals surface area contributed by atoms with Crippen LogP contribution in [-0.4, -0.2) is 35.2 Å². The second-order valence-corrected chi connectivity index (χ2v) is 8.29. The molecule has 0 saturated carbocycles. The molecule has 33 heavy (non-hydrogen) atoms. The molecule has 0 aliphatic carbocycles. The number of methoxy groups -OCH3 is 1. The molecule has 0 spiro atoms. The van der Waals surface area contributed by atoms with Crippen LogP contribution in [0.2, 0.25) is 0 Å². The topological polar surface area (TPSA) is 63.3 Å². The first-order chi connectivity index (χ1) is 16.3. The molecule has 6 rings (SSSR count). The normalized spacial score (nSPS) is 13.7. The molecule has 5 aromatic rings. The first-order valence-corrected chi connectivity index (χ1v) is 11.1. The van der Waals surface area contributed by atoms with E-state index in [0.29, 0.717) is 13.2 Å². The molecule has 1 aliphatic rings. The highest BCUT2D eigenvalue weighted by molar-refractivity contribution is 5.91. The molecule has 0 radical (unpaired) electrons. The summed E-state index contributed by atoms with van der Waals surface area (Å²) in [7, 11) is 1.68. The molecule has 3 heterocycles. The predicted octanol–water partition coefficient (Wildman–Crippen LogP) is 5.32. The van der Waals surface area contributed by atoms with Gasteiger partial charge in [-0.15, -0.1) is 0 Å². The van der Waals surface area contributed by atoms with Crippen LogP contribution in [0.4, 0.5) is 5.69 Å². The lowest BCUT2D eigenvalue weighted by Gasteiger charge is -2.23. The maximum Gasteiger partial charge on any atom is 0.133 e. The van der Waals surface area contributed by atoms with E-state index in [1.807, 2.05) is 12.3 Å². The average molecular weight is 437 g/mol. The van der Waals surface area contributed by atoms with Gasteiger partial charge in [0.1, 0.15) is 24.8 Å². The van der Waals surface area contributed by atoms with Gasteiger partial charge in [0.15, 0.2) is 0 Å². The van der Waals surface area contributed by atoms with E-state index in [-0.39, 0.29) is 0 Å². The number of para-hydroxylation sites is 1. The number of imidazole rings is 1. The number of rotatable bonds is 4. The van der Waals surface area contributed by atoms with Crippen molar-refractivity contribution in [1.82, 2.24) is 15.0 Å². The van der Waals surface area contributed by atoms with Crippen LogP contribution in [0.5, 0.6) is 5.75 Å². The molecule has 0 atom stereocenters. The summed E-state index contributed by atoms with van der Waals surface area (Å²) in [5.74, 6) is 1.78. The molecule has 6 heteroatoms. The molecule has 0 bridgehead atoms. The van der Waals surface area contributed by atoms with Gasteiger partial charge < -0.3 is 19.4 Å². The highest BCUT2D eigenvalue weighted by Gasteiger charge is 2.18. The highest BCUT2D eigenvalue weighted by atomic mass is 16.5. The number of aromatic amines is 1. The molecule has 164 valence electrons. The minimum atomic E-state index is 0.472. The van der Waals surface area contributed by atoms with Gasteiger partial charge in [-0.2, -0.15) is 0 Å². The summed E-state index contributed by atoms with van der Waals surface area (Å²) in [4.78, 5) is 14.8. The van der Waals surface area contributed by atoms with Crippen molar-refractivity contribution in [3.05, 3.63) is 84.3 Å². The van der Waals surface area contributed by atoms with Crippen LogP contribution in [0.15, 0.2) is 72.9 Å². The fraction of sp³-hybridized carbons (Fsp3) is 0.185. The van der Waals surface area contributed by atoms with Crippen LogP contribution in [-0.2, 0) is 17.9 Å². The summed E-state index contributed by atoms with van der Waals surface area (Å²) in [6.45, 7) is 2.72. The van der Waals surface area contributed by atoms with Crippen LogP contribution < -0.4 is 9.64 Å². The third-order valence-corrected chi connectivity index (χ3v) is 6.15. The number of aromatic nitrogens is 3. The van der Waals surface area contributed by atoms with Gasteiger partial charge in [0.05, 0.1) is 23.1 Å². The molecule has 1 N–H and O–H groups in total. The number of benzene rings is 3. The minimum absolute atomic E-state index is 0.472. The van der Waals surface area contributed by atoms with E-state index < -0.39 is 0 Å². The zero-order valence-corrected chi connectivity index (χ0v) is 18.4. The Morgan fingerprint density at radius 2 is 1.88 bits per heavy atom. The maximum absolute atomic E-state index is 6.12. The van der Waals surface area contributed by atoms with E-state index in [1.165, 1.54) is 11.3 Å². The lowest BCUT2D eigenvalue weighted by atomic mass is 10.0. The van der Waals surface area contributed by atoms with Crippen LogP contribution in [0.25, 0.3) is 33.1 Å². The van der Waals surface area contributed by atoms with Gasteiger partial charge in [0.2, 0.25) is 0 Å². The molecule has 3 aromatic carbocycles. The summed E-state index contributed by atoms with van der Waals surface area (Å²) in [6, 6.07) is 23.2. The van der Waals surface area contributed by atoms with Crippen molar-refractivity contribution in [2.24, 2.45) is 0 Å². The Morgan fingerprint density at radius 1 is 1.00 bits per heavy atom. The molecule has 0 unspecified atom stereocenters. The van der Waals surface area contributed by atoms with E-state index in [0.717, 1.165) is 57.7 Å². The fourth-order valence-corrected chi connectivity index (χ4v) is 4.58. The Morgan fingerprint density at radius 3 is 2.82 bits per heavy atom. The molecule has 0 saturated heterocycles. The summed E-state index contributed by atoms with van der Waals surface area (Å²) in [5, 5.41) is 1.16. The van der Waals surface area contributed by atoms with Crippen LogP contribution in [0.1, 0.15) is 11.4 Å². The van der Waals surface area contributed by atoms with Gasteiger partial charge in [0, 0.05) is 36.5 Å². The smallest absolute Gasteiger partial charge is 0.133 e. The third-order valence-electron chi connectivity index (χ3n) is 6.15. The van der Waals surface area contributed by atoms with Gasteiger partial charge in [-0.3, -0.25) is 4.98 Å². The van der Waals surface area contributed by atoms with E-state index in [9.17, 15) is 0 Å². The second kappa shape index (κ2) is 8.22. The van der Waals surface area contributed by atoms with Crippen molar-refractivity contribution < 1.29 is 9.47 Å². The number of hydrogen-bond donors (Lipinski definition) is 1. The van der Waals surface area contributed by atoms with Crippen molar-refractivity contribution in [2.75, 3.05) is 25.2 Å². The molecule has 2 aromatic heterocycles. The number of nitrogens with one attached hydrogen (secondary N) is 1. The summed E-state index contributed by atoms with van der Waals surface area (Å²) >= 11 is 0. The Kier molecular flexibility index (Phi) is 4.92. The minimum Gasteiger partial charge on any atom is -0.491 e. The van der Waals surface area contributed by atoms with Crippen molar-refractivity contribution in [3.63, 3.8) is 0 Å². The number of H-pyrrole nitrogens is 1. The van der Waals surface area contributed by atoms with Crippen molar-refractivity contribution in [1.29, 1.82) is 0 Å². The van der Waals surface area contributed by atoms with Gasteiger partial charge in [-0.1, -0.05) is 30.3 Å². The third kappa shape index (κ3) is 3.68. The van der Waals surface area contributed by atoms with Crippen LogP contribution >= 0.6 is 0 Å². The van der Waals surface area contributed by atoms with E-state index in [4.69, 9.17) is 9.47 Å². The second-order valence-electron chi connectivity index (χ2n) is 8.29. The lowest BCUT2D eigenvalue weighted by Crippen LogP contribution is -2.25. The number of anilines is 1. The van der Waals surface area contributed by atoms with Gasteiger partial charge in [-0.25, -0.2) is 4.98 Å². The maximum atomic E-state index is 6.12. The molecule has 0 fully saturated rings. The Hall–Kier alpha value is -3.90. The number of fused-ring (bicyclic) bond motifs is 3. The van der Waals surface area contributed by atoms with E-state index in [1.54, 1.807) is 7.11 Å². The molecular formula is C27H24N4O2. The lowest BCUT2D eigenvalue weighted by molar-refractivity contribution is 0.179. The summed E-state index contributed by atoms with van der Waals surface area (Å²) in [5.41, 5.74) is 7.62. The number of ether oxygens (including phenoxy) is 2. The molecule has 0 amide bonds. The Bertz CT molecular complexity index is 1450. The molecular weight excluding hydrogens is 412 g/mol. The SMILES string of the molecule is COCc1nc2ccc(-c3ccc4c(c3)CN(c3ccnc5ccccc35)CCO4)cc2[nH]1. The predicted molar refractivity (Wildman–Crippen MR) is 131 cm³/mol. The van der Waals surface area contributed by atoms with Gasteiger partial charge >= 0.3 is 0 Å². The van der Waals surface area contributed by atoms with Crippen molar-refractivity contribution in [3.8, 4) is 16.9 Å². The number of pyridine rings is 1. The Balaban J connectivity index is 1.36. The number of nitrogens with zero attached hydrogens (tertiary/aromatic N) is 3. The van der Waals surface area contributed by atoms with Crippen LogP contribution in [0, 0.1) is 0 Å². The fourth-order valence-electron chi connectivity index (χ4n) is 4.58. The standard InChI is InChI=1S/C27H24N4O2/c1-32-17-27-29-23-8-6-19(15-24(23)30-27)18-7-9-26-20(14-18)16-31(12-13-33-26)25-10-11-28-22-5-3-2-4-21(22)25/h2-11,14-15H,12-13,16-17H2,1H3,(H,29,30). The zero-order chi connectivity index (χ0) is 22.2. The monoisotopic (exact) mass is 436 g/mol. The average Bonchev–Trinajstić information content (AvgIpc) is 3.13. The zero-order valence-electron chi connectivity index (χ0n) is 18.4. The Labute approximate surface area is 191 Å². The van der Waals surface area contributed by atoms with Crippen molar-refractivity contribution >= 4 is 27.6 Å². The first kappa shape index (κ1) is 19.8. The van der Waals surface area contributed by atoms with Crippen LogP contribution in [0.3, 0.4) is 0 Å². The van der Waals surface area contributed by atoms with Crippen molar-refractivity contribution in [2.45, 2.75) is 13.2 Å². The molecule has 1 aliphatic heterocycles. The quantitative estimate of drug-likeness (QED) is 0.413.